The maximum Gasteiger partial charge on any atom is 0.332 e. The van der Waals surface area contributed by atoms with Crippen LogP contribution in [0.3, 0.4) is 0 Å². The normalized spacial score (nSPS) is 19.2. The lowest BCUT2D eigenvalue weighted by Crippen LogP contribution is -2.71. The molecular weight excluding hydrogens is 364 g/mol. The number of esters is 1. The van der Waals surface area contributed by atoms with Gasteiger partial charge in [0.2, 0.25) is 0 Å². The van der Waals surface area contributed by atoms with E-state index in [1.165, 1.54) is 0 Å². The standard InChI is InChI=1S/C24H30N2O3/c1-22(2)16-24(17-23(3,4)26-22,25-20(27)19-13-9-6-10-14-19)21(28)29-15-18-11-7-5-8-12-18/h5-14,26H,15-17H2,1-4H3,(H,25,27). The van der Waals surface area contributed by atoms with E-state index in [4.69, 9.17) is 4.74 Å². The molecule has 1 amide bonds. The van der Waals surface area contributed by atoms with Crippen LogP contribution in [0.4, 0.5) is 0 Å². The average molecular weight is 395 g/mol. The molecule has 0 aliphatic carbocycles. The zero-order valence-corrected chi connectivity index (χ0v) is 17.6. The maximum absolute atomic E-state index is 13.4. The third-order valence-corrected chi connectivity index (χ3v) is 5.16. The second-order valence-electron chi connectivity index (χ2n) is 9.21. The predicted octanol–water partition coefficient (Wildman–Crippen LogP) is 3.84. The summed E-state index contributed by atoms with van der Waals surface area (Å²) in [5.74, 6) is -0.663. The number of piperidine rings is 1. The Kier molecular flexibility index (Phi) is 5.80. The van der Waals surface area contributed by atoms with Crippen LogP contribution < -0.4 is 10.6 Å². The lowest BCUT2D eigenvalue weighted by molar-refractivity contribution is -0.157. The van der Waals surface area contributed by atoms with Gasteiger partial charge in [-0.3, -0.25) is 4.79 Å². The molecule has 0 unspecified atom stereocenters. The Morgan fingerprint density at radius 3 is 1.97 bits per heavy atom. The lowest BCUT2D eigenvalue weighted by Gasteiger charge is -2.51. The molecule has 1 heterocycles. The number of nitrogens with one attached hydrogen (secondary N) is 2. The van der Waals surface area contributed by atoms with Crippen LogP contribution in [-0.2, 0) is 16.1 Å². The van der Waals surface area contributed by atoms with Crippen LogP contribution in [0.5, 0.6) is 0 Å². The number of hydrogen-bond donors (Lipinski definition) is 2. The summed E-state index contributed by atoms with van der Waals surface area (Å²) in [6.45, 7) is 8.35. The van der Waals surface area contributed by atoms with Gasteiger partial charge in [0.05, 0.1) is 0 Å². The summed E-state index contributed by atoms with van der Waals surface area (Å²) in [7, 11) is 0. The van der Waals surface area contributed by atoms with Crippen molar-refractivity contribution in [2.75, 3.05) is 0 Å². The highest BCUT2D eigenvalue weighted by Crippen LogP contribution is 2.37. The van der Waals surface area contributed by atoms with Gasteiger partial charge >= 0.3 is 5.97 Å². The van der Waals surface area contributed by atoms with Crippen LogP contribution in [0.2, 0.25) is 0 Å². The van der Waals surface area contributed by atoms with Gasteiger partial charge in [-0.1, -0.05) is 48.5 Å². The molecule has 1 saturated heterocycles. The Balaban J connectivity index is 1.88. The molecule has 5 nitrogen and oxygen atoms in total. The van der Waals surface area contributed by atoms with Gasteiger partial charge in [0.15, 0.2) is 0 Å². The highest BCUT2D eigenvalue weighted by atomic mass is 16.5. The van der Waals surface area contributed by atoms with Crippen molar-refractivity contribution in [3.8, 4) is 0 Å². The highest BCUT2D eigenvalue weighted by molar-refractivity contribution is 5.98. The van der Waals surface area contributed by atoms with Gasteiger partial charge in [-0.05, 0) is 58.2 Å². The summed E-state index contributed by atoms with van der Waals surface area (Å²) >= 11 is 0. The van der Waals surface area contributed by atoms with E-state index in [0.29, 0.717) is 18.4 Å². The number of amides is 1. The molecule has 0 saturated carbocycles. The summed E-state index contributed by atoms with van der Waals surface area (Å²) < 4.78 is 5.71. The first-order valence-electron chi connectivity index (χ1n) is 9.99. The van der Waals surface area contributed by atoms with Crippen LogP contribution in [0.15, 0.2) is 60.7 Å². The zero-order valence-electron chi connectivity index (χ0n) is 17.6. The van der Waals surface area contributed by atoms with Crippen molar-refractivity contribution in [2.24, 2.45) is 0 Å². The van der Waals surface area contributed by atoms with Crippen LogP contribution in [-0.4, -0.2) is 28.5 Å². The Labute approximate surface area is 172 Å². The molecule has 29 heavy (non-hydrogen) atoms. The van der Waals surface area contributed by atoms with E-state index in [2.05, 4.69) is 10.6 Å². The molecule has 3 rings (SSSR count). The van der Waals surface area contributed by atoms with Gasteiger partial charge in [-0.2, -0.15) is 0 Å². The molecule has 154 valence electrons. The molecule has 2 N–H and O–H groups in total. The number of hydrogen-bond acceptors (Lipinski definition) is 4. The minimum Gasteiger partial charge on any atom is -0.459 e. The van der Waals surface area contributed by atoms with Gasteiger partial charge < -0.3 is 15.4 Å². The Bertz CT molecular complexity index is 844. The zero-order chi connectivity index (χ0) is 21.1. The van der Waals surface area contributed by atoms with E-state index in [-0.39, 0.29) is 23.6 Å². The number of benzene rings is 2. The molecule has 1 aliphatic rings. The maximum atomic E-state index is 13.4. The fourth-order valence-corrected chi connectivity index (χ4v) is 4.60. The fourth-order valence-electron chi connectivity index (χ4n) is 4.60. The summed E-state index contributed by atoms with van der Waals surface area (Å²) in [4.78, 5) is 26.4. The van der Waals surface area contributed by atoms with Crippen molar-refractivity contribution < 1.29 is 14.3 Å². The summed E-state index contributed by atoms with van der Waals surface area (Å²) in [6.07, 6.45) is 0.880. The fraction of sp³-hybridized carbons (Fsp3) is 0.417. The first-order valence-corrected chi connectivity index (χ1v) is 9.99. The monoisotopic (exact) mass is 394 g/mol. The van der Waals surface area contributed by atoms with Gasteiger partial charge in [-0.25, -0.2) is 4.79 Å². The Morgan fingerprint density at radius 2 is 1.41 bits per heavy atom. The molecular formula is C24H30N2O3. The van der Waals surface area contributed by atoms with E-state index in [1.807, 2.05) is 76.2 Å². The van der Waals surface area contributed by atoms with Crippen molar-refractivity contribution in [3.05, 3.63) is 71.8 Å². The van der Waals surface area contributed by atoms with Gasteiger partial charge in [0.25, 0.3) is 5.91 Å². The third-order valence-electron chi connectivity index (χ3n) is 5.16. The van der Waals surface area contributed by atoms with Crippen molar-refractivity contribution in [3.63, 3.8) is 0 Å². The minimum atomic E-state index is -1.11. The average Bonchev–Trinajstić information content (AvgIpc) is 2.65. The second kappa shape index (κ2) is 7.99. The quantitative estimate of drug-likeness (QED) is 0.756. The molecule has 1 aliphatic heterocycles. The van der Waals surface area contributed by atoms with Crippen LogP contribution in [0.25, 0.3) is 0 Å². The lowest BCUT2D eigenvalue weighted by atomic mass is 9.70. The van der Waals surface area contributed by atoms with E-state index in [9.17, 15) is 9.59 Å². The number of ether oxygens (including phenoxy) is 1. The van der Waals surface area contributed by atoms with Crippen LogP contribution >= 0.6 is 0 Å². The first-order chi connectivity index (χ1) is 13.6. The smallest absolute Gasteiger partial charge is 0.332 e. The van der Waals surface area contributed by atoms with E-state index < -0.39 is 11.5 Å². The number of carbonyl (C=O) groups excluding carboxylic acids is 2. The topological polar surface area (TPSA) is 67.4 Å². The molecule has 0 spiro atoms. The highest BCUT2D eigenvalue weighted by Gasteiger charge is 2.53. The van der Waals surface area contributed by atoms with Crippen molar-refractivity contribution >= 4 is 11.9 Å². The molecule has 0 radical (unpaired) electrons. The van der Waals surface area contributed by atoms with Gasteiger partial charge in [0, 0.05) is 16.6 Å². The number of carbonyl (C=O) groups is 2. The largest absolute Gasteiger partial charge is 0.459 e. The summed E-state index contributed by atoms with van der Waals surface area (Å²) in [5.41, 5.74) is -0.371. The molecule has 2 aromatic rings. The molecule has 0 aromatic heterocycles. The van der Waals surface area contributed by atoms with E-state index in [1.54, 1.807) is 12.1 Å². The van der Waals surface area contributed by atoms with Crippen LogP contribution in [0.1, 0.15) is 56.5 Å². The summed E-state index contributed by atoms with van der Waals surface area (Å²) in [6, 6.07) is 18.5. The summed E-state index contributed by atoms with van der Waals surface area (Å²) in [5, 5.41) is 6.61. The molecule has 5 heteroatoms. The first kappa shape index (κ1) is 21.1. The number of rotatable bonds is 5. The van der Waals surface area contributed by atoms with E-state index in [0.717, 1.165) is 5.56 Å². The van der Waals surface area contributed by atoms with Crippen LogP contribution in [0, 0.1) is 0 Å². The molecule has 2 aromatic carbocycles. The molecule has 0 atom stereocenters. The van der Waals surface area contributed by atoms with Crippen molar-refractivity contribution in [1.29, 1.82) is 0 Å². The Morgan fingerprint density at radius 1 is 0.897 bits per heavy atom. The SMILES string of the molecule is CC1(C)CC(NC(=O)c2ccccc2)(C(=O)OCc2ccccc2)CC(C)(C)N1. The molecule has 1 fully saturated rings. The van der Waals surface area contributed by atoms with Crippen molar-refractivity contribution in [2.45, 2.75) is 63.8 Å². The van der Waals surface area contributed by atoms with Gasteiger partial charge in [-0.15, -0.1) is 0 Å². The van der Waals surface area contributed by atoms with E-state index >= 15 is 0 Å². The second-order valence-corrected chi connectivity index (χ2v) is 9.21. The Hall–Kier alpha value is -2.66. The van der Waals surface area contributed by atoms with Crippen molar-refractivity contribution in [1.82, 2.24) is 10.6 Å². The molecule has 0 bridgehead atoms. The predicted molar refractivity (Wildman–Crippen MR) is 113 cm³/mol. The minimum absolute atomic E-state index is 0.177. The third kappa shape index (κ3) is 5.24. The van der Waals surface area contributed by atoms with Gasteiger partial charge in [0.1, 0.15) is 12.1 Å².